The standard InChI is InChI=1S/C15H20ClNO3/c1-11(2)8-9-20-15(18)14(17-19-3)13-7-5-4-6-12(13)10-16/h4-7,11H,8-10H2,1-3H3. The summed E-state index contributed by atoms with van der Waals surface area (Å²) < 4.78 is 5.23. The van der Waals surface area contributed by atoms with E-state index in [9.17, 15) is 4.79 Å². The van der Waals surface area contributed by atoms with Crippen LogP contribution in [-0.2, 0) is 20.2 Å². The molecule has 0 aliphatic heterocycles. The van der Waals surface area contributed by atoms with Crippen molar-refractivity contribution in [1.82, 2.24) is 0 Å². The topological polar surface area (TPSA) is 47.9 Å². The van der Waals surface area contributed by atoms with E-state index < -0.39 is 5.97 Å². The predicted octanol–water partition coefficient (Wildman–Crippen LogP) is 3.37. The first-order chi connectivity index (χ1) is 9.60. The third-order valence-corrected chi connectivity index (χ3v) is 3.01. The SMILES string of the molecule is CON=C(C(=O)OCCC(C)C)c1ccccc1CCl. The molecule has 0 aromatic heterocycles. The minimum atomic E-state index is -0.495. The maximum atomic E-state index is 12.1. The lowest BCUT2D eigenvalue weighted by Crippen LogP contribution is -2.21. The number of carbonyl (C=O) groups is 1. The van der Waals surface area contributed by atoms with E-state index >= 15 is 0 Å². The summed E-state index contributed by atoms with van der Waals surface area (Å²) in [5.41, 5.74) is 1.59. The second-order valence-corrected chi connectivity index (χ2v) is 5.00. The molecule has 1 aromatic carbocycles. The van der Waals surface area contributed by atoms with Gasteiger partial charge in [0.1, 0.15) is 7.11 Å². The van der Waals surface area contributed by atoms with E-state index in [0.29, 0.717) is 18.1 Å². The van der Waals surface area contributed by atoms with Gasteiger partial charge in [-0.05, 0) is 17.9 Å². The fraction of sp³-hybridized carbons (Fsp3) is 0.467. The number of nitrogens with zero attached hydrogens (tertiary/aromatic N) is 1. The zero-order valence-corrected chi connectivity index (χ0v) is 12.8. The Morgan fingerprint density at radius 2 is 2.05 bits per heavy atom. The molecule has 1 aromatic rings. The van der Waals surface area contributed by atoms with Gasteiger partial charge in [-0.2, -0.15) is 0 Å². The fourth-order valence-electron chi connectivity index (χ4n) is 1.61. The average molecular weight is 298 g/mol. The molecule has 0 fully saturated rings. The summed E-state index contributed by atoms with van der Waals surface area (Å²) in [4.78, 5) is 16.9. The molecular weight excluding hydrogens is 278 g/mol. The van der Waals surface area contributed by atoms with Gasteiger partial charge in [0.25, 0.3) is 0 Å². The smallest absolute Gasteiger partial charge is 0.361 e. The van der Waals surface area contributed by atoms with Gasteiger partial charge in [-0.25, -0.2) is 4.79 Å². The van der Waals surface area contributed by atoms with Crippen molar-refractivity contribution in [3.63, 3.8) is 0 Å². The van der Waals surface area contributed by atoms with Crippen LogP contribution in [0.15, 0.2) is 29.4 Å². The number of halogens is 1. The van der Waals surface area contributed by atoms with Gasteiger partial charge in [-0.1, -0.05) is 43.3 Å². The van der Waals surface area contributed by atoms with Crippen LogP contribution in [0.1, 0.15) is 31.4 Å². The van der Waals surface area contributed by atoms with Crippen LogP contribution in [0.2, 0.25) is 0 Å². The van der Waals surface area contributed by atoms with Gasteiger partial charge >= 0.3 is 5.97 Å². The highest BCUT2D eigenvalue weighted by molar-refractivity contribution is 6.43. The van der Waals surface area contributed by atoms with Gasteiger partial charge in [0.05, 0.1) is 6.61 Å². The van der Waals surface area contributed by atoms with Crippen LogP contribution < -0.4 is 0 Å². The second kappa shape index (κ2) is 8.59. The van der Waals surface area contributed by atoms with Crippen LogP contribution in [0.25, 0.3) is 0 Å². The molecule has 0 heterocycles. The minimum Gasteiger partial charge on any atom is -0.461 e. The zero-order chi connectivity index (χ0) is 15.0. The molecule has 0 spiro atoms. The van der Waals surface area contributed by atoms with E-state index in [1.165, 1.54) is 7.11 Å². The summed E-state index contributed by atoms with van der Waals surface area (Å²) in [6, 6.07) is 7.29. The Labute approximate surface area is 124 Å². The van der Waals surface area contributed by atoms with Crippen molar-refractivity contribution in [1.29, 1.82) is 0 Å². The lowest BCUT2D eigenvalue weighted by molar-refractivity contribution is -0.135. The summed E-state index contributed by atoms with van der Waals surface area (Å²) in [7, 11) is 1.39. The first kappa shape index (κ1) is 16.5. The molecule has 0 saturated carbocycles. The van der Waals surface area contributed by atoms with Gasteiger partial charge in [0.15, 0.2) is 5.71 Å². The molecule has 110 valence electrons. The summed E-state index contributed by atoms with van der Waals surface area (Å²) in [5, 5.41) is 3.78. The first-order valence-corrected chi connectivity index (χ1v) is 7.06. The highest BCUT2D eigenvalue weighted by atomic mass is 35.5. The Balaban J connectivity index is 2.89. The van der Waals surface area contributed by atoms with Crippen LogP contribution >= 0.6 is 11.6 Å². The van der Waals surface area contributed by atoms with E-state index in [2.05, 4.69) is 19.0 Å². The Morgan fingerprint density at radius 3 is 2.65 bits per heavy atom. The minimum absolute atomic E-state index is 0.146. The number of hydrogen-bond donors (Lipinski definition) is 0. The number of oxime groups is 1. The molecule has 0 unspecified atom stereocenters. The number of carbonyl (C=O) groups excluding carboxylic acids is 1. The second-order valence-electron chi connectivity index (χ2n) is 4.73. The molecule has 4 nitrogen and oxygen atoms in total. The Bertz CT molecular complexity index is 472. The molecule has 0 aliphatic carbocycles. The quantitative estimate of drug-likeness (QED) is 0.335. The molecule has 0 amide bonds. The van der Waals surface area contributed by atoms with Crippen LogP contribution in [0, 0.1) is 5.92 Å². The summed E-state index contributed by atoms with van der Waals surface area (Å²) in [5.74, 6) is 0.267. The average Bonchev–Trinajstić information content (AvgIpc) is 2.44. The first-order valence-electron chi connectivity index (χ1n) is 6.52. The molecule has 0 atom stereocenters. The van der Waals surface area contributed by atoms with Crippen molar-refractivity contribution in [3.8, 4) is 0 Å². The normalized spacial score (nSPS) is 11.6. The molecule has 0 aliphatic rings. The predicted molar refractivity (Wildman–Crippen MR) is 80.0 cm³/mol. The largest absolute Gasteiger partial charge is 0.461 e. The Morgan fingerprint density at radius 1 is 1.35 bits per heavy atom. The number of ether oxygens (including phenoxy) is 1. The van der Waals surface area contributed by atoms with Gasteiger partial charge in [0.2, 0.25) is 0 Å². The molecule has 0 saturated heterocycles. The van der Waals surface area contributed by atoms with E-state index in [-0.39, 0.29) is 11.6 Å². The monoisotopic (exact) mass is 297 g/mol. The van der Waals surface area contributed by atoms with Gasteiger partial charge < -0.3 is 9.57 Å². The Hall–Kier alpha value is -1.55. The number of benzene rings is 1. The zero-order valence-electron chi connectivity index (χ0n) is 12.1. The number of alkyl halides is 1. The summed E-state index contributed by atoms with van der Waals surface area (Å²) >= 11 is 5.88. The lowest BCUT2D eigenvalue weighted by atomic mass is 10.0. The fourth-order valence-corrected chi connectivity index (χ4v) is 1.84. The number of hydrogen-bond acceptors (Lipinski definition) is 4. The van der Waals surface area contributed by atoms with Gasteiger partial charge in [0, 0.05) is 11.4 Å². The molecule has 0 N–H and O–H groups in total. The van der Waals surface area contributed by atoms with Crippen LogP contribution in [0.5, 0.6) is 0 Å². The van der Waals surface area contributed by atoms with E-state index in [0.717, 1.165) is 12.0 Å². The maximum absolute atomic E-state index is 12.1. The summed E-state index contributed by atoms with van der Waals surface area (Å²) in [6.45, 7) is 4.50. The Kier molecular flexibility index (Phi) is 7.09. The van der Waals surface area contributed by atoms with E-state index in [1.807, 2.05) is 18.2 Å². The van der Waals surface area contributed by atoms with E-state index in [1.54, 1.807) is 6.07 Å². The van der Waals surface area contributed by atoms with Gasteiger partial charge in [-0.15, -0.1) is 11.6 Å². The summed E-state index contributed by atoms with van der Waals surface area (Å²) in [6.07, 6.45) is 0.809. The van der Waals surface area contributed by atoms with Crippen molar-refractivity contribution >= 4 is 23.3 Å². The molecule has 20 heavy (non-hydrogen) atoms. The van der Waals surface area contributed by atoms with E-state index in [4.69, 9.17) is 21.2 Å². The van der Waals surface area contributed by atoms with Crippen molar-refractivity contribution in [2.75, 3.05) is 13.7 Å². The van der Waals surface area contributed by atoms with Crippen LogP contribution in [0.4, 0.5) is 0 Å². The maximum Gasteiger partial charge on any atom is 0.361 e. The highest BCUT2D eigenvalue weighted by Gasteiger charge is 2.19. The van der Waals surface area contributed by atoms with Crippen molar-refractivity contribution in [2.24, 2.45) is 11.1 Å². The van der Waals surface area contributed by atoms with Crippen LogP contribution in [0.3, 0.4) is 0 Å². The molecular formula is C15H20ClNO3. The molecule has 5 heteroatoms. The van der Waals surface area contributed by atoms with Gasteiger partial charge in [-0.3, -0.25) is 0 Å². The third-order valence-electron chi connectivity index (χ3n) is 2.72. The molecule has 1 rings (SSSR count). The van der Waals surface area contributed by atoms with Crippen LogP contribution in [-0.4, -0.2) is 25.4 Å². The molecule has 0 radical (unpaired) electrons. The number of esters is 1. The van der Waals surface area contributed by atoms with Crippen molar-refractivity contribution in [2.45, 2.75) is 26.1 Å². The molecule has 0 bridgehead atoms. The van der Waals surface area contributed by atoms with Crippen molar-refractivity contribution in [3.05, 3.63) is 35.4 Å². The lowest BCUT2D eigenvalue weighted by Gasteiger charge is -2.10. The third kappa shape index (κ3) is 4.85. The number of rotatable bonds is 7. The highest BCUT2D eigenvalue weighted by Crippen LogP contribution is 2.14. The van der Waals surface area contributed by atoms with Crippen molar-refractivity contribution < 1.29 is 14.4 Å².